The maximum atomic E-state index is 4.41. The Balaban J connectivity index is 2.04. The van der Waals surface area contributed by atoms with E-state index >= 15 is 0 Å². The van der Waals surface area contributed by atoms with Crippen LogP contribution in [0.2, 0.25) is 0 Å². The molecule has 1 aliphatic heterocycles. The average Bonchev–Trinajstić information content (AvgIpc) is 2.68. The summed E-state index contributed by atoms with van der Waals surface area (Å²) in [5.41, 5.74) is 0. The van der Waals surface area contributed by atoms with Crippen molar-refractivity contribution in [3.8, 4) is 0 Å². The number of likely N-dealkylation sites (N-methyl/N-ethyl adjacent to an activating group) is 1. The normalized spacial score (nSPS) is 21.3. The van der Waals surface area contributed by atoms with Crippen molar-refractivity contribution >= 4 is 21.7 Å². The molecule has 0 radical (unpaired) electrons. The van der Waals surface area contributed by atoms with Gasteiger partial charge in [-0.05, 0) is 48.6 Å². The van der Waals surface area contributed by atoms with Crippen LogP contribution >= 0.6 is 15.9 Å². The summed E-state index contributed by atoms with van der Waals surface area (Å²) in [7, 11) is 4.28. The zero-order valence-corrected chi connectivity index (χ0v) is 10.7. The Morgan fingerprint density at radius 1 is 1.47 bits per heavy atom. The molecule has 1 aromatic heterocycles. The quantitative estimate of drug-likeness (QED) is 0.819. The van der Waals surface area contributed by atoms with Crippen LogP contribution in [0.25, 0.3) is 0 Å². The van der Waals surface area contributed by atoms with E-state index in [4.69, 9.17) is 0 Å². The van der Waals surface area contributed by atoms with Crippen molar-refractivity contribution in [3.63, 3.8) is 0 Å². The van der Waals surface area contributed by atoms with Crippen molar-refractivity contribution in [2.75, 3.05) is 32.1 Å². The number of hydrogen-bond donors (Lipinski definition) is 0. The van der Waals surface area contributed by atoms with Crippen molar-refractivity contribution in [2.45, 2.75) is 12.5 Å². The number of aromatic nitrogens is 1. The zero-order chi connectivity index (χ0) is 10.8. The lowest BCUT2D eigenvalue weighted by atomic mass is 10.2. The van der Waals surface area contributed by atoms with Crippen LogP contribution in [0, 0.1) is 0 Å². The van der Waals surface area contributed by atoms with E-state index < -0.39 is 0 Å². The van der Waals surface area contributed by atoms with Crippen molar-refractivity contribution < 1.29 is 0 Å². The maximum Gasteiger partial charge on any atom is 0.128 e. The summed E-state index contributed by atoms with van der Waals surface area (Å²) in [5, 5.41) is 0. The monoisotopic (exact) mass is 269 g/mol. The molecule has 3 nitrogen and oxygen atoms in total. The molecule has 2 rings (SSSR count). The van der Waals surface area contributed by atoms with Gasteiger partial charge in [0.05, 0.1) is 0 Å². The van der Waals surface area contributed by atoms with Gasteiger partial charge in [-0.1, -0.05) is 0 Å². The highest BCUT2D eigenvalue weighted by molar-refractivity contribution is 9.10. The highest BCUT2D eigenvalue weighted by atomic mass is 79.9. The van der Waals surface area contributed by atoms with Gasteiger partial charge in [-0.15, -0.1) is 0 Å². The Hall–Kier alpha value is -0.610. The van der Waals surface area contributed by atoms with Gasteiger partial charge in [0.1, 0.15) is 5.82 Å². The summed E-state index contributed by atoms with van der Waals surface area (Å²) >= 11 is 3.40. The first kappa shape index (κ1) is 10.9. The minimum absolute atomic E-state index is 0.662. The molecule has 82 valence electrons. The van der Waals surface area contributed by atoms with Crippen LogP contribution in [0.15, 0.2) is 22.8 Å². The van der Waals surface area contributed by atoms with Crippen LogP contribution in [-0.2, 0) is 0 Å². The van der Waals surface area contributed by atoms with Gasteiger partial charge in [0.25, 0.3) is 0 Å². The van der Waals surface area contributed by atoms with Crippen LogP contribution in [-0.4, -0.2) is 43.1 Å². The summed E-state index contributed by atoms with van der Waals surface area (Å²) in [5.74, 6) is 1.09. The van der Waals surface area contributed by atoms with Gasteiger partial charge in [0.15, 0.2) is 0 Å². The Bertz CT molecular complexity index is 323. The van der Waals surface area contributed by atoms with Crippen molar-refractivity contribution in [1.29, 1.82) is 0 Å². The fraction of sp³-hybridized carbons (Fsp3) is 0.545. The molecule has 0 N–H and O–H groups in total. The van der Waals surface area contributed by atoms with Gasteiger partial charge in [0, 0.05) is 29.8 Å². The van der Waals surface area contributed by atoms with E-state index in [0.29, 0.717) is 6.04 Å². The van der Waals surface area contributed by atoms with Crippen molar-refractivity contribution in [3.05, 3.63) is 22.8 Å². The highest BCUT2D eigenvalue weighted by Crippen LogP contribution is 2.21. The third-order valence-electron chi connectivity index (χ3n) is 2.93. The number of anilines is 1. The molecule has 1 aliphatic rings. The van der Waals surface area contributed by atoms with Gasteiger partial charge < -0.3 is 9.80 Å². The molecule has 1 fully saturated rings. The van der Waals surface area contributed by atoms with Gasteiger partial charge >= 0.3 is 0 Å². The lowest BCUT2D eigenvalue weighted by Gasteiger charge is -2.20. The van der Waals surface area contributed by atoms with E-state index in [2.05, 4.69) is 50.9 Å². The molecule has 0 aromatic carbocycles. The Morgan fingerprint density at radius 3 is 2.80 bits per heavy atom. The van der Waals surface area contributed by atoms with Crippen LogP contribution in [0.3, 0.4) is 0 Å². The Labute approximate surface area is 99.2 Å². The SMILES string of the molecule is CN(C)[C@H]1CCN(c2ccc(Br)cn2)C1. The Morgan fingerprint density at radius 2 is 2.27 bits per heavy atom. The van der Waals surface area contributed by atoms with E-state index in [0.717, 1.165) is 23.4 Å². The van der Waals surface area contributed by atoms with Crippen LogP contribution < -0.4 is 4.90 Å². The van der Waals surface area contributed by atoms with Crippen molar-refractivity contribution in [1.82, 2.24) is 9.88 Å². The smallest absolute Gasteiger partial charge is 0.128 e. The van der Waals surface area contributed by atoms with E-state index in [1.807, 2.05) is 12.3 Å². The third kappa shape index (κ3) is 2.49. The standard InChI is InChI=1S/C11H16BrN3/c1-14(2)10-5-6-15(8-10)11-4-3-9(12)7-13-11/h3-4,7,10H,5-6,8H2,1-2H3/t10-/m0/s1. The topological polar surface area (TPSA) is 19.4 Å². The van der Waals surface area contributed by atoms with Gasteiger partial charge in [-0.25, -0.2) is 4.98 Å². The highest BCUT2D eigenvalue weighted by Gasteiger charge is 2.24. The maximum absolute atomic E-state index is 4.41. The van der Waals surface area contributed by atoms with E-state index in [1.165, 1.54) is 6.42 Å². The summed E-state index contributed by atoms with van der Waals surface area (Å²) in [6, 6.07) is 4.78. The summed E-state index contributed by atoms with van der Waals surface area (Å²) in [4.78, 5) is 9.05. The molecule has 4 heteroatoms. The number of nitrogens with zero attached hydrogens (tertiary/aromatic N) is 3. The third-order valence-corrected chi connectivity index (χ3v) is 3.40. The number of pyridine rings is 1. The average molecular weight is 270 g/mol. The summed E-state index contributed by atoms with van der Waals surface area (Å²) in [6.45, 7) is 2.19. The minimum Gasteiger partial charge on any atom is -0.355 e. The molecule has 0 unspecified atom stereocenters. The van der Waals surface area contributed by atoms with Gasteiger partial charge in [0.2, 0.25) is 0 Å². The molecule has 1 atom stereocenters. The second-order valence-corrected chi connectivity index (χ2v) is 5.10. The second-order valence-electron chi connectivity index (χ2n) is 4.19. The van der Waals surface area contributed by atoms with Crippen LogP contribution in [0.5, 0.6) is 0 Å². The lowest BCUT2D eigenvalue weighted by Crippen LogP contribution is -2.31. The molecule has 1 saturated heterocycles. The van der Waals surface area contributed by atoms with Gasteiger partial charge in [-0.3, -0.25) is 0 Å². The number of rotatable bonds is 2. The predicted octanol–water partition coefficient (Wildman–Crippen LogP) is 1.98. The molecule has 0 amide bonds. The predicted molar refractivity (Wildman–Crippen MR) is 66.2 cm³/mol. The molecular formula is C11H16BrN3. The summed E-state index contributed by atoms with van der Waals surface area (Å²) < 4.78 is 1.04. The molecule has 2 heterocycles. The largest absolute Gasteiger partial charge is 0.355 e. The lowest BCUT2D eigenvalue weighted by molar-refractivity contribution is 0.315. The van der Waals surface area contributed by atoms with E-state index in [-0.39, 0.29) is 0 Å². The number of halogens is 1. The minimum atomic E-state index is 0.662. The molecule has 1 aromatic rings. The second kappa shape index (κ2) is 4.49. The fourth-order valence-corrected chi connectivity index (χ4v) is 2.16. The molecular weight excluding hydrogens is 254 g/mol. The molecule has 0 spiro atoms. The molecule has 0 aliphatic carbocycles. The zero-order valence-electron chi connectivity index (χ0n) is 9.15. The van der Waals surface area contributed by atoms with Crippen molar-refractivity contribution in [2.24, 2.45) is 0 Å². The first-order chi connectivity index (χ1) is 7.16. The molecule has 15 heavy (non-hydrogen) atoms. The fourth-order valence-electron chi connectivity index (χ4n) is 1.93. The Kier molecular flexibility index (Phi) is 3.26. The molecule has 0 saturated carbocycles. The summed E-state index contributed by atoms with van der Waals surface area (Å²) in [6.07, 6.45) is 3.09. The first-order valence-electron chi connectivity index (χ1n) is 5.20. The number of hydrogen-bond acceptors (Lipinski definition) is 3. The van der Waals surface area contributed by atoms with Crippen LogP contribution in [0.4, 0.5) is 5.82 Å². The first-order valence-corrected chi connectivity index (χ1v) is 5.99. The molecule has 0 bridgehead atoms. The van der Waals surface area contributed by atoms with E-state index in [1.54, 1.807) is 0 Å². The van der Waals surface area contributed by atoms with E-state index in [9.17, 15) is 0 Å². The van der Waals surface area contributed by atoms with Crippen LogP contribution in [0.1, 0.15) is 6.42 Å². The van der Waals surface area contributed by atoms with Gasteiger partial charge in [-0.2, -0.15) is 0 Å².